The van der Waals surface area contributed by atoms with Gasteiger partial charge in [-0.05, 0) is 105 Å². The predicted molar refractivity (Wildman–Crippen MR) is 247 cm³/mol. The van der Waals surface area contributed by atoms with Crippen LogP contribution in [0.25, 0.3) is 43.3 Å². The first-order valence-corrected chi connectivity index (χ1v) is 22.2. The fourth-order valence-corrected chi connectivity index (χ4v) is 9.14. The third kappa shape index (κ3) is 9.27. The van der Waals surface area contributed by atoms with Crippen LogP contribution in [-0.4, -0.2) is 71.7 Å². The SMILES string of the molecule is CC[C@@H]1CN(c2ccc(CCNC(=O)c3cnc4c(ccn4CCCCNC(=O)C#Cc4csc(-c5ccc6c7cc(CNC)ccc7n(CC)c6c5)c4)c3)cc2)CCN1. The molecule has 4 aromatic heterocycles. The average molecular weight is 819 g/mol. The number of thiophene rings is 1. The highest BCUT2D eigenvalue weighted by atomic mass is 32.1. The lowest BCUT2D eigenvalue weighted by molar-refractivity contribution is -0.115. The van der Waals surface area contributed by atoms with E-state index in [0.717, 1.165) is 92.0 Å². The lowest BCUT2D eigenvalue weighted by Crippen LogP contribution is -2.50. The van der Waals surface area contributed by atoms with Gasteiger partial charge in [0, 0.05) is 125 Å². The number of amides is 2. The number of hydrogen-bond donors (Lipinski definition) is 4. The summed E-state index contributed by atoms with van der Waals surface area (Å²) in [5.74, 6) is 5.43. The molecule has 1 fully saturated rings. The molecule has 60 heavy (non-hydrogen) atoms. The molecule has 0 saturated carbocycles. The van der Waals surface area contributed by atoms with Crippen LogP contribution in [0, 0.1) is 11.8 Å². The minimum atomic E-state index is -0.276. The maximum absolute atomic E-state index is 13.0. The minimum absolute atomic E-state index is 0.119. The smallest absolute Gasteiger partial charge is 0.296 e. The summed E-state index contributed by atoms with van der Waals surface area (Å²) in [5, 5.41) is 18.3. The molecule has 4 N–H and O–H groups in total. The fourth-order valence-electron chi connectivity index (χ4n) is 8.30. The summed E-state index contributed by atoms with van der Waals surface area (Å²) in [6.45, 7) is 11.1. The van der Waals surface area contributed by atoms with Crippen LogP contribution in [0.3, 0.4) is 0 Å². The Bertz CT molecular complexity index is 2680. The molecule has 2 amide bonds. The number of nitrogens with one attached hydrogen (secondary N) is 4. The second-order valence-corrected chi connectivity index (χ2v) is 16.5. The van der Waals surface area contributed by atoms with Crippen LogP contribution in [-0.2, 0) is 30.8 Å². The van der Waals surface area contributed by atoms with Crippen molar-refractivity contribution in [2.45, 2.75) is 65.2 Å². The van der Waals surface area contributed by atoms with Gasteiger partial charge in [0.1, 0.15) is 5.65 Å². The lowest BCUT2D eigenvalue weighted by Gasteiger charge is -2.35. The van der Waals surface area contributed by atoms with Gasteiger partial charge in [0.05, 0.1) is 5.56 Å². The molecule has 0 radical (unpaired) electrons. The average Bonchev–Trinajstić information content (AvgIpc) is 4.01. The predicted octanol–water partition coefficient (Wildman–Crippen LogP) is 7.72. The lowest BCUT2D eigenvalue weighted by atomic mass is 10.1. The van der Waals surface area contributed by atoms with Crippen LogP contribution in [0.4, 0.5) is 5.69 Å². The van der Waals surface area contributed by atoms with Crippen molar-refractivity contribution < 1.29 is 9.59 Å². The van der Waals surface area contributed by atoms with Gasteiger partial charge in [0.25, 0.3) is 11.8 Å². The van der Waals surface area contributed by atoms with Gasteiger partial charge in [-0.2, -0.15) is 0 Å². The van der Waals surface area contributed by atoms with E-state index >= 15 is 0 Å². The molecule has 10 nitrogen and oxygen atoms in total. The molecular formula is C49H54N8O2S. The summed E-state index contributed by atoms with van der Waals surface area (Å²) in [7, 11) is 1.97. The molecule has 7 aromatic rings. The summed E-state index contributed by atoms with van der Waals surface area (Å²) >= 11 is 1.64. The third-order valence-corrected chi connectivity index (χ3v) is 12.5. The van der Waals surface area contributed by atoms with Crippen molar-refractivity contribution in [3.8, 4) is 22.3 Å². The monoisotopic (exact) mass is 818 g/mol. The Hall–Kier alpha value is -5.93. The molecule has 8 rings (SSSR count). The highest BCUT2D eigenvalue weighted by Gasteiger charge is 2.18. The van der Waals surface area contributed by atoms with Gasteiger partial charge >= 0.3 is 0 Å². The number of anilines is 1. The van der Waals surface area contributed by atoms with Gasteiger partial charge in [0.2, 0.25) is 0 Å². The molecule has 1 atom stereocenters. The molecule has 0 unspecified atom stereocenters. The van der Waals surface area contributed by atoms with Gasteiger partial charge in [-0.15, -0.1) is 11.3 Å². The topological polar surface area (TPSA) is 108 Å². The van der Waals surface area contributed by atoms with Gasteiger partial charge in [-0.3, -0.25) is 9.59 Å². The second-order valence-electron chi connectivity index (χ2n) is 15.6. The molecule has 1 aliphatic heterocycles. The fraction of sp³-hybridized carbons (Fsp3) is 0.327. The summed E-state index contributed by atoms with van der Waals surface area (Å²) in [5.41, 5.74) is 9.59. The van der Waals surface area contributed by atoms with E-state index in [1.54, 1.807) is 17.5 Å². The molecule has 1 saturated heterocycles. The third-order valence-electron chi connectivity index (χ3n) is 11.6. The highest BCUT2D eigenvalue weighted by molar-refractivity contribution is 7.13. The Morgan fingerprint density at radius 1 is 0.917 bits per heavy atom. The van der Waals surface area contributed by atoms with Crippen molar-refractivity contribution in [3.63, 3.8) is 0 Å². The number of aryl methyl sites for hydroxylation is 2. The van der Waals surface area contributed by atoms with Crippen molar-refractivity contribution in [1.29, 1.82) is 0 Å². The normalized spacial score (nSPS) is 14.1. The first-order valence-electron chi connectivity index (χ1n) is 21.3. The molecular weight excluding hydrogens is 765 g/mol. The van der Waals surface area contributed by atoms with Crippen LogP contribution in [0.2, 0.25) is 0 Å². The molecule has 308 valence electrons. The number of nitrogens with zero attached hydrogens (tertiary/aromatic N) is 4. The largest absolute Gasteiger partial charge is 0.369 e. The quantitative estimate of drug-likeness (QED) is 0.0624. The Labute approximate surface area is 356 Å². The van der Waals surface area contributed by atoms with E-state index in [4.69, 9.17) is 0 Å². The van der Waals surface area contributed by atoms with E-state index in [2.05, 4.69) is 133 Å². The Kier molecular flexibility index (Phi) is 12.9. The van der Waals surface area contributed by atoms with E-state index in [1.165, 1.54) is 38.6 Å². The molecule has 3 aromatic carbocycles. The number of unbranched alkanes of at least 4 members (excludes halogenated alkanes) is 1. The van der Waals surface area contributed by atoms with Gasteiger partial charge in [-0.1, -0.05) is 43.2 Å². The number of aromatic nitrogens is 3. The van der Waals surface area contributed by atoms with Crippen molar-refractivity contribution in [2.75, 3.05) is 44.7 Å². The Balaban J connectivity index is 0.775. The Morgan fingerprint density at radius 3 is 2.62 bits per heavy atom. The number of rotatable bonds is 15. The van der Waals surface area contributed by atoms with E-state index in [1.807, 2.05) is 30.8 Å². The minimum Gasteiger partial charge on any atom is -0.369 e. The van der Waals surface area contributed by atoms with E-state index < -0.39 is 0 Å². The molecule has 11 heteroatoms. The van der Waals surface area contributed by atoms with E-state index in [-0.39, 0.29) is 11.8 Å². The number of benzene rings is 3. The van der Waals surface area contributed by atoms with Crippen molar-refractivity contribution >= 4 is 61.7 Å². The zero-order chi connectivity index (χ0) is 41.4. The maximum atomic E-state index is 13.0. The van der Waals surface area contributed by atoms with Crippen molar-refractivity contribution in [3.05, 3.63) is 119 Å². The van der Waals surface area contributed by atoms with Crippen LogP contribution in [0.15, 0.2) is 96.6 Å². The van der Waals surface area contributed by atoms with Gasteiger partial charge in [-0.25, -0.2) is 4.98 Å². The number of carbonyl (C=O) groups excluding carboxylic acids is 2. The molecule has 0 spiro atoms. The van der Waals surface area contributed by atoms with E-state index in [9.17, 15) is 9.59 Å². The van der Waals surface area contributed by atoms with Crippen LogP contribution < -0.4 is 26.2 Å². The Morgan fingerprint density at radius 2 is 1.78 bits per heavy atom. The van der Waals surface area contributed by atoms with Gasteiger partial charge < -0.3 is 35.3 Å². The number of piperazine rings is 1. The van der Waals surface area contributed by atoms with Crippen molar-refractivity contribution in [2.24, 2.45) is 0 Å². The first-order chi connectivity index (χ1) is 29.4. The zero-order valence-electron chi connectivity index (χ0n) is 34.8. The first kappa shape index (κ1) is 40.8. The molecule has 1 aliphatic rings. The summed E-state index contributed by atoms with van der Waals surface area (Å²) in [4.78, 5) is 33.8. The summed E-state index contributed by atoms with van der Waals surface area (Å²) in [6.07, 6.45) is 7.23. The van der Waals surface area contributed by atoms with Crippen molar-refractivity contribution in [1.82, 2.24) is 35.4 Å². The summed E-state index contributed by atoms with van der Waals surface area (Å²) < 4.78 is 4.48. The zero-order valence-corrected chi connectivity index (χ0v) is 35.6. The molecule has 5 heterocycles. The van der Waals surface area contributed by atoms with Crippen LogP contribution in [0.1, 0.15) is 60.2 Å². The number of hydrogen-bond acceptors (Lipinski definition) is 7. The van der Waals surface area contributed by atoms with E-state index in [0.29, 0.717) is 24.7 Å². The second kappa shape index (κ2) is 19.0. The number of pyridine rings is 1. The van der Waals surface area contributed by atoms with Crippen LogP contribution in [0.5, 0.6) is 0 Å². The summed E-state index contributed by atoms with van der Waals surface area (Å²) in [6, 6.07) is 28.6. The molecule has 0 bridgehead atoms. The number of fused-ring (bicyclic) bond motifs is 4. The maximum Gasteiger partial charge on any atom is 0.296 e. The standard InChI is InChI=1S/C49H54N8O2S/c1-4-40-32-56(25-22-51-40)41-13-8-34(9-14-41)18-21-53-49(59)39-28-38-19-24-55(48(38)54-31-39)23-7-6-20-52-47(58)17-11-36-27-46(60-33-36)37-12-15-42-43-26-35(30-50-3)10-16-44(43)57(5-2)45(42)29-37/h8-10,12-16,19,24,26-29,31,33,40,50-51H,4-7,18,20-23,25,30,32H2,1-3H3,(H,52,58)(H,53,59)/t40-/m1/s1. The highest BCUT2D eigenvalue weighted by Crippen LogP contribution is 2.35. The molecule has 0 aliphatic carbocycles. The van der Waals surface area contributed by atoms with Crippen LogP contribution >= 0.6 is 11.3 Å². The van der Waals surface area contributed by atoms with Gasteiger partial charge in [0.15, 0.2) is 0 Å². The number of carbonyl (C=O) groups is 2.